The number of alkyl carbamates (subject to hydrolysis) is 1. The first-order valence-electron chi connectivity index (χ1n) is 13.4. The van der Waals surface area contributed by atoms with Crippen molar-refractivity contribution in [1.82, 2.24) is 5.32 Å². The Labute approximate surface area is 232 Å². The van der Waals surface area contributed by atoms with Gasteiger partial charge in [-0.2, -0.15) is 0 Å². The molecule has 9 nitrogen and oxygen atoms in total. The van der Waals surface area contributed by atoms with Crippen molar-refractivity contribution in [2.24, 2.45) is 5.92 Å². The fourth-order valence-corrected chi connectivity index (χ4v) is 4.03. The molecule has 10 heteroatoms. The smallest absolute Gasteiger partial charge is 0.407 e. The van der Waals surface area contributed by atoms with Crippen LogP contribution in [0.2, 0.25) is 0 Å². The van der Waals surface area contributed by atoms with Crippen LogP contribution in [0.1, 0.15) is 47.1 Å². The summed E-state index contributed by atoms with van der Waals surface area (Å²) < 4.78 is 28.8. The average Bonchev–Trinajstić information content (AvgIpc) is 2.73. The molecule has 0 aliphatic rings. The molecule has 0 fully saturated rings. The largest absolute Gasteiger partial charge is 0.491 e. The highest BCUT2D eigenvalue weighted by atomic mass is 28.1. The highest BCUT2D eigenvalue weighted by molar-refractivity contribution is 6.14. The van der Waals surface area contributed by atoms with E-state index in [-0.39, 0.29) is 11.6 Å². The van der Waals surface area contributed by atoms with Crippen LogP contribution in [0.15, 0.2) is 24.3 Å². The number of carbonyl (C=O) groups excluding carboxylic acids is 2. The van der Waals surface area contributed by atoms with Crippen LogP contribution >= 0.6 is 0 Å². The lowest BCUT2D eigenvalue weighted by molar-refractivity contribution is -0.870. The Morgan fingerprint density at radius 2 is 1.37 bits per heavy atom. The van der Waals surface area contributed by atoms with E-state index in [2.05, 4.69) is 26.5 Å². The van der Waals surface area contributed by atoms with Gasteiger partial charge in [0.2, 0.25) is 0 Å². The van der Waals surface area contributed by atoms with Gasteiger partial charge in [-0.3, -0.25) is 4.79 Å². The molecule has 2 atom stereocenters. The van der Waals surface area contributed by atoms with E-state index in [0.717, 1.165) is 22.3 Å². The van der Waals surface area contributed by atoms with Gasteiger partial charge in [-0.1, -0.05) is 12.1 Å². The molecule has 0 aromatic heterocycles. The van der Waals surface area contributed by atoms with Crippen molar-refractivity contribution in [1.29, 1.82) is 0 Å². The van der Waals surface area contributed by atoms with E-state index in [9.17, 15) is 9.59 Å². The van der Waals surface area contributed by atoms with Gasteiger partial charge in [0.05, 0.1) is 53.5 Å². The summed E-state index contributed by atoms with van der Waals surface area (Å²) in [7, 11) is 6.95. The van der Waals surface area contributed by atoms with Gasteiger partial charge in [0.15, 0.2) is 0 Å². The SMILES string of the molecule is CC(C)(C)OC(=O)NC([SiH3])[C@@H](Cc1ccc(OCCOCCOCC[N+](C)(C)C)cc1)C(=O)OC(C)(C)C. The molecule has 1 rings (SSSR count). The second-order valence-corrected chi connectivity index (χ2v) is 13.8. The molecule has 1 amide bonds. The summed E-state index contributed by atoms with van der Waals surface area (Å²) in [6, 6.07) is 7.60. The number of likely N-dealkylation sites (N-methyl/N-ethyl adjacent to an activating group) is 1. The van der Waals surface area contributed by atoms with Crippen molar-refractivity contribution >= 4 is 22.3 Å². The Balaban J connectivity index is 2.58. The third kappa shape index (κ3) is 16.6. The van der Waals surface area contributed by atoms with Gasteiger partial charge in [0, 0.05) is 15.9 Å². The van der Waals surface area contributed by atoms with Crippen LogP contribution in [0.3, 0.4) is 0 Å². The van der Waals surface area contributed by atoms with Crippen LogP contribution < -0.4 is 10.1 Å². The van der Waals surface area contributed by atoms with E-state index in [1.54, 1.807) is 20.8 Å². The summed E-state index contributed by atoms with van der Waals surface area (Å²) in [5, 5.41) is 2.85. The summed E-state index contributed by atoms with van der Waals surface area (Å²) in [4.78, 5) is 25.4. The third-order valence-electron chi connectivity index (χ3n) is 5.21. The summed E-state index contributed by atoms with van der Waals surface area (Å²) in [6.07, 6.45) is -0.108. The van der Waals surface area contributed by atoms with Gasteiger partial charge in [0.25, 0.3) is 0 Å². The van der Waals surface area contributed by atoms with Crippen LogP contribution in [0.25, 0.3) is 0 Å². The average molecular weight is 556 g/mol. The van der Waals surface area contributed by atoms with Crippen LogP contribution in [0, 0.1) is 5.92 Å². The fourth-order valence-electron chi connectivity index (χ4n) is 3.29. The Hall–Kier alpha value is -2.14. The molecule has 1 unspecified atom stereocenters. The number of nitrogens with zero attached hydrogens (tertiary/aromatic N) is 1. The first kappa shape index (κ1) is 33.9. The number of rotatable bonds is 15. The van der Waals surface area contributed by atoms with E-state index >= 15 is 0 Å². The van der Waals surface area contributed by atoms with E-state index in [0.29, 0.717) is 49.7 Å². The minimum absolute atomic E-state index is 0.340. The number of ether oxygens (including phenoxy) is 5. The fraction of sp³-hybridized carbons (Fsp3) is 0.714. The Morgan fingerprint density at radius 1 is 0.842 bits per heavy atom. The molecule has 218 valence electrons. The molecule has 0 saturated carbocycles. The molecule has 1 N–H and O–H groups in total. The number of hydrogen-bond donors (Lipinski definition) is 1. The lowest BCUT2D eigenvalue weighted by atomic mass is 9.98. The van der Waals surface area contributed by atoms with Gasteiger partial charge >= 0.3 is 12.1 Å². The zero-order chi connectivity index (χ0) is 29.0. The van der Waals surface area contributed by atoms with Crippen LogP contribution in [-0.2, 0) is 30.2 Å². The van der Waals surface area contributed by atoms with Crippen molar-refractivity contribution in [3.8, 4) is 5.75 Å². The molecule has 0 saturated heterocycles. The molecule has 0 bridgehead atoms. The molecule has 1 aromatic rings. The lowest BCUT2D eigenvalue weighted by Crippen LogP contribution is -2.47. The molecular weight excluding hydrogens is 504 g/mol. The highest BCUT2D eigenvalue weighted by Crippen LogP contribution is 2.20. The molecule has 38 heavy (non-hydrogen) atoms. The molecule has 0 radical (unpaired) electrons. The van der Waals surface area contributed by atoms with E-state index in [1.165, 1.54) is 0 Å². The van der Waals surface area contributed by atoms with Crippen molar-refractivity contribution in [2.45, 2.75) is 64.8 Å². The van der Waals surface area contributed by atoms with Crippen molar-refractivity contribution < 1.29 is 37.8 Å². The van der Waals surface area contributed by atoms with Crippen molar-refractivity contribution in [3.05, 3.63) is 29.8 Å². The number of benzene rings is 1. The maximum absolute atomic E-state index is 13.0. The first-order valence-corrected chi connectivity index (χ1v) is 14.5. The van der Waals surface area contributed by atoms with Crippen LogP contribution in [0.4, 0.5) is 4.79 Å². The molecule has 0 heterocycles. The lowest BCUT2D eigenvalue weighted by Gasteiger charge is -2.29. The van der Waals surface area contributed by atoms with Gasteiger partial charge < -0.3 is 33.5 Å². The molecule has 0 spiro atoms. The number of esters is 1. The van der Waals surface area contributed by atoms with Gasteiger partial charge in [-0.15, -0.1) is 0 Å². The molecule has 1 aromatic carbocycles. The number of nitrogens with one attached hydrogen (secondary N) is 1. The monoisotopic (exact) mass is 555 g/mol. The Kier molecular flexibility index (Phi) is 13.8. The summed E-state index contributed by atoms with van der Waals surface area (Å²) in [5.41, 5.74) is -0.654. The minimum Gasteiger partial charge on any atom is -0.491 e. The predicted molar refractivity (Wildman–Crippen MR) is 153 cm³/mol. The molecule has 0 aliphatic carbocycles. The van der Waals surface area contributed by atoms with Gasteiger partial charge in [0.1, 0.15) is 30.1 Å². The van der Waals surface area contributed by atoms with Gasteiger partial charge in [-0.25, -0.2) is 4.79 Å². The zero-order valence-corrected chi connectivity index (χ0v) is 27.2. The summed E-state index contributed by atoms with van der Waals surface area (Å²) in [5.74, 6) is -0.148. The summed E-state index contributed by atoms with van der Waals surface area (Å²) in [6.45, 7) is 14.6. The third-order valence-corrected chi connectivity index (χ3v) is 6.30. The maximum Gasteiger partial charge on any atom is 0.407 e. The molecular formula is C28H51N2O7Si+. The van der Waals surface area contributed by atoms with E-state index < -0.39 is 23.2 Å². The quantitative estimate of drug-likeness (QED) is 0.154. The van der Waals surface area contributed by atoms with Crippen LogP contribution in [0.5, 0.6) is 5.75 Å². The highest BCUT2D eigenvalue weighted by Gasteiger charge is 2.32. The predicted octanol–water partition coefficient (Wildman–Crippen LogP) is 2.52. The second-order valence-electron chi connectivity index (χ2n) is 12.5. The topological polar surface area (TPSA) is 92.3 Å². The minimum atomic E-state index is -0.625. The number of quaternary nitrogens is 1. The molecule has 0 aliphatic heterocycles. The Morgan fingerprint density at radius 3 is 1.89 bits per heavy atom. The first-order chi connectivity index (χ1) is 17.5. The maximum atomic E-state index is 13.0. The standard InChI is InChI=1S/C28H50N2O7Si/c1-27(2,3)36-25(31)23(24(38)29-26(32)37-28(4,5)6)20-21-10-12-22(13-11-21)35-19-18-34-17-16-33-15-14-30(7,8)9/h10-13,23-24H,14-20H2,1-9,38H3/p+1/t23-,24?/m1/s1. The van der Waals surface area contributed by atoms with Crippen LogP contribution in [-0.4, -0.2) is 104 Å². The van der Waals surface area contributed by atoms with Crippen molar-refractivity contribution in [3.63, 3.8) is 0 Å². The second kappa shape index (κ2) is 15.4. The zero-order valence-electron chi connectivity index (χ0n) is 25.2. The summed E-state index contributed by atoms with van der Waals surface area (Å²) >= 11 is 0. The number of carbonyl (C=O) groups is 2. The van der Waals surface area contributed by atoms with Crippen molar-refractivity contribution in [2.75, 3.05) is 60.7 Å². The number of amides is 1. The number of hydrogen-bond acceptors (Lipinski definition) is 7. The van der Waals surface area contributed by atoms with E-state index in [4.69, 9.17) is 23.7 Å². The van der Waals surface area contributed by atoms with E-state index in [1.807, 2.05) is 45.0 Å². The van der Waals surface area contributed by atoms with Gasteiger partial charge in [-0.05, 0) is 65.7 Å². The normalized spacial score (nSPS) is 14.0. The Bertz CT molecular complexity index is 843.